The van der Waals surface area contributed by atoms with Gasteiger partial charge in [-0.1, -0.05) is 24.3 Å². The number of hydrogen-bond acceptors (Lipinski definition) is 10. The Morgan fingerprint density at radius 1 is 0.824 bits per heavy atom. The SMILES string of the molecule is CN1CCCC1CCNCc1ccc(Oc2ccncc2C(N)=O)cc1.NC(=O)c1cnccc1Oc1ccc(CNCCc2c[nH]cn2)cc1. The Labute approximate surface area is 297 Å². The minimum absolute atomic E-state index is 0.256. The number of rotatable bonds is 16. The molecule has 4 heterocycles. The van der Waals surface area contributed by atoms with E-state index in [0.717, 1.165) is 49.9 Å². The molecule has 7 N–H and O–H groups in total. The second kappa shape index (κ2) is 18.9. The molecule has 13 heteroatoms. The summed E-state index contributed by atoms with van der Waals surface area (Å²) in [6, 6.07) is 19.5. The molecule has 2 amide bonds. The number of imidazole rings is 1. The van der Waals surface area contributed by atoms with Gasteiger partial charge in [0.25, 0.3) is 11.8 Å². The molecule has 3 aromatic heterocycles. The van der Waals surface area contributed by atoms with Crippen molar-refractivity contribution in [3.63, 3.8) is 0 Å². The fraction of sp³-hybridized carbons (Fsp3) is 0.289. The van der Waals surface area contributed by atoms with E-state index in [1.165, 1.54) is 43.8 Å². The molecule has 1 atom stereocenters. The van der Waals surface area contributed by atoms with Gasteiger partial charge in [0.2, 0.25) is 0 Å². The molecule has 0 saturated carbocycles. The van der Waals surface area contributed by atoms with Gasteiger partial charge in [0.1, 0.15) is 34.1 Å². The second-order valence-corrected chi connectivity index (χ2v) is 12.2. The number of H-pyrrole nitrogens is 1. The average molecular weight is 692 g/mol. The van der Waals surface area contributed by atoms with E-state index < -0.39 is 11.8 Å². The third-order valence-corrected chi connectivity index (χ3v) is 8.49. The van der Waals surface area contributed by atoms with Crippen molar-refractivity contribution >= 4 is 11.8 Å². The molecule has 1 aliphatic heterocycles. The number of nitrogens with two attached hydrogens (primary N) is 2. The monoisotopic (exact) mass is 691 g/mol. The average Bonchev–Trinajstić information content (AvgIpc) is 3.82. The topological polar surface area (TPSA) is 186 Å². The molecule has 6 rings (SSSR count). The van der Waals surface area contributed by atoms with E-state index in [0.29, 0.717) is 23.0 Å². The Bertz CT molecular complexity index is 1820. The van der Waals surface area contributed by atoms with E-state index >= 15 is 0 Å². The Morgan fingerprint density at radius 3 is 1.84 bits per heavy atom. The molecule has 1 aliphatic rings. The number of pyridine rings is 2. The minimum Gasteiger partial charge on any atom is -0.456 e. The lowest BCUT2D eigenvalue weighted by Crippen LogP contribution is -2.28. The molecule has 266 valence electrons. The van der Waals surface area contributed by atoms with Crippen LogP contribution < -0.4 is 31.6 Å². The molecule has 2 aromatic carbocycles. The van der Waals surface area contributed by atoms with Crippen LogP contribution in [0.3, 0.4) is 0 Å². The van der Waals surface area contributed by atoms with E-state index in [4.69, 9.17) is 20.9 Å². The van der Waals surface area contributed by atoms with Crippen LogP contribution in [0.1, 0.15) is 56.8 Å². The number of carbonyl (C=O) groups excluding carboxylic acids is 2. The maximum absolute atomic E-state index is 11.4. The number of ether oxygens (including phenoxy) is 2. The number of primary amides is 2. The number of amides is 2. The van der Waals surface area contributed by atoms with Crippen molar-refractivity contribution in [3.05, 3.63) is 126 Å². The molecular weight excluding hydrogens is 646 g/mol. The lowest BCUT2D eigenvalue weighted by atomic mass is 10.1. The highest BCUT2D eigenvalue weighted by atomic mass is 16.5. The summed E-state index contributed by atoms with van der Waals surface area (Å²) in [6.45, 7) is 4.68. The highest BCUT2D eigenvalue weighted by Crippen LogP contribution is 2.26. The number of aromatic amines is 1. The van der Waals surface area contributed by atoms with Crippen molar-refractivity contribution in [1.29, 1.82) is 0 Å². The third kappa shape index (κ3) is 11.5. The molecule has 51 heavy (non-hydrogen) atoms. The first-order chi connectivity index (χ1) is 24.9. The van der Waals surface area contributed by atoms with Gasteiger partial charge >= 0.3 is 0 Å². The Balaban J connectivity index is 0.000000198. The van der Waals surface area contributed by atoms with Crippen LogP contribution in [0.25, 0.3) is 0 Å². The first-order valence-corrected chi connectivity index (χ1v) is 17.0. The lowest BCUT2D eigenvalue weighted by molar-refractivity contribution is 0.0989. The number of likely N-dealkylation sites (tertiary alicyclic amines) is 1. The molecule has 0 aliphatic carbocycles. The normalized spacial score (nSPS) is 14.0. The van der Waals surface area contributed by atoms with Gasteiger partial charge in [0.15, 0.2) is 0 Å². The molecule has 0 spiro atoms. The smallest absolute Gasteiger partial charge is 0.254 e. The van der Waals surface area contributed by atoms with Crippen LogP contribution >= 0.6 is 0 Å². The van der Waals surface area contributed by atoms with Crippen LogP contribution in [0.15, 0.2) is 98.0 Å². The maximum atomic E-state index is 11.4. The van der Waals surface area contributed by atoms with Gasteiger partial charge in [0, 0.05) is 63.1 Å². The summed E-state index contributed by atoms with van der Waals surface area (Å²) < 4.78 is 11.5. The van der Waals surface area contributed by atoms with Crippen molar-refractivity contribution < 1.29 is 19.1 Å². The molecule has 13 nitrogen and oxygen atoms in total. The van der Waals surface area contributed by atoms with Gasteiger partial charge in [-0.2, -0.15) is 0 Å². The van der Waals surface area contributed by atoms with Gasteiger partial charge < -0.3 is 41.5 Å². The van der Waals surface area contributed by atoms with E-state index in [1.807, 2.05) is 54.7 Å². The number of nitrogens with one attached hydrogen (secondary N) is 3. The second-order valence-electron chi connectivity index (χ2n) is 12.2. The summed E-state index contributed by atoms with van der Waals surface area (Å²) in [6.07, 6.45) is 14.2. The van der Waals surface area contributed by atoms with Crippen molar-refractivity contribution in [1.82, 2.24) is 35.5 Å². The van der Waals surface area contributed by atoms with Gasteiger partial charge in [-0.15, -0.1) is 0 Å². The minimum atomic E-state index is -0.569. The van der Waals surface area contributed by atoms with Crippen molar-refractivity contribution in [2.24, 2.45) is 11.5 Å². The quantitative estimate of drug-likeness (QED) is 0.0918. The van der Waals surface area contributed by atoms with Crippen molar-refractivity contribution in [3.8, 4) is 23.0 Å². The van der Waals surface area contributed by atoms with Gasteiger partial charge in [-0.3, -0.25) is 19.6 Å². The van der Waals surface area contributed by atoms with Crippen LogP contribution in [0.4, 0.5) is 0 Å². The fourth-order valence-corrected chi connectivity index (χ4v) is 5.64. The van der Waals surface area contributed by atoms with Crippen LogP contribution in [0.2, 0.25) is 0 Å². The summed E-state index contributed by atoms with van der Waals surface area (Å²) in [7, 11) is 2.21. The number of benzene rings is 2. The van der Waals surface area contributed by atoms with Crippen LogP contribution in [-0.4, -0.2) is 69.4 Å². The van der Waals surface area contributed by atoms with Gasteiger partial charge in [-0.05, 0) is 86.9 Å². The molecule has 1 saturated heterocycles. The zero-order valence-corrected chi connectivity index (χ0v) is 28.8. The van der Waals surface area contributed by atoms with E-state index in [-0.39, 0.29) is 11.1 Å². The molecule has 0 bridgehead atoms. The molecular formula is C38H45N9O4. The van der Waals surface area contributed by atoms with Gasteiger partial charge in [0.05, 0.1) is 12.0 Å². The zero-order chi connectivity index (χ0) is 35.8. The maximum Gasteiger partial charge on any atom is 0.254 e. The van der Waals surface area contributed by atoms with Crippen LogP contribution in [0.5, 0.6) is 23.0 Å². The fourth-order valence-electron chi connectivity index (χ4n) is 5.64. The van der Waals surface area contributed by atoms with Crippen molar-refractivity contribution in [2.45, 2.75) is 44.8 Å². The Kier molecular flexibility index (Phi) is 13.6. The first-order valence-electron chi connectivity index (χ1n) is 17.0. The van der Waals surface area contributed by atoms with E-state index in [1.54, 1.807) is 30.9 Å². The highest BCUT2D eigenvalue weighted by Gasteiger charge is 2.19. The number of nitrogens with zero attached hydrogens (tertiary/aromatic N) is 4. The summed E-state index contributed by atoms with van der Waals surface area (Å²) in [4.78, 5) is 40.2. The van der Waals surface area contributed by atoms with Crippen molar-refractivity contribution in [2.75, 3.05) is 26.7 Å². The van der Waals surface area contributed by atoms with Crippen LogP contribution in [0, 0.1) is 0 Å². The standard InChI is InChI=1S/C20H26N4O2.C18H19N5O2/c1-24-12-2-3-16(24)8-10-22-13-15-4-6-17(7-5-15)26-19-9-11-23-14-18(19)20(21)25;19-18(24)16-11-21-8-6-17(16)25-15-3-1-13(2-4-15)9-20-7-5-14-10-22-12-23-14/h4-7,9,11,14,16,22H,2-3,8,10,12-13H2,1H3,(H2,21,25);1-4,6,8,10-12,20H,5,7,9H2,(H2,19,24)(H,22,23). The number of carbonyl (C=O) groups is 2. The zero-order valence-electron chi connectivity index (χ0n) is 28.8. The summed E-state index contributed by atoms with van der Waals surface area (Å²) >= 11 is 0. The molecule has 5 aromatic rings. The summed E-state index contributed by atoms with van der Waals surface area (Å²) in [5, 5.41) is 6.87. The Hall–Kier alpha value is -5.63. The first kappa shape index (κ1) is 36.6. The van der Waals surface area contributed by atoms with Crippen LogP contribution in [-0.2, 0) is 19.5 Å². The predicted molar refractivity (Wildman–Crippen MR) is 195 cm³/mol. The summed E-state index contributed by atoms with van der Waals surface area (Å²) in [5.41, 5.74) is 14.6. The summed E-state index contributed by atoms with van der Waals surface area (Å²) in [5.74, 6) is 0.984. The molecule has 1 unspecified atom stereocenters. The molecule has 1 fully saturated rings. The van der Waals surface area contributed by atoms with E-state index in [2.05, 4.69) is 42.5 Å². The van der Waals surface area contributed by atoms with E-state index in [9.17, 15) is 9.59 Å². The third-order valence-electron chi connectivity index (χ3n) is 8.49. The highest BCUT2D eigenvalue weighted by molar-refractivity contribution is 5.95. The Morgan fingerprint density at radius 2 is 1.37 bits per heavy atom. The predicted octanol–water partition coefficient (Wildman–Crippen LogP) is 4.57. The molecule has 0 radical (unpaired) electrons. The number of aromatic nitrogens is 4. The van der Waals surface area contributed by atoms with Gasteiger partial charge in [-0.25, -0.2) is 4.98 Å². The lowest BCUT2D eigenvalue weighted by Gasteiger charge is -2.19. The largest absolute Gasteiger partial charge is 0.456 e. The number of hydrogen-bond donors (Lipinski definition) is 5.